The van der Waals surface area contributed by atoms with Gasteiger partial charge in [0.05, 0.1) is 5.92 Å². The summed E-state index contributed by atoms with van der Waals surface area (Å²) in [5, 5.41) is 17.3. The topological polar surface area (TPSA) is 108 Å². The Hall–Kier alpha value is -1.79. The zero-order chi connectivity index (χ0) is 14.5. The van der Waals surface area contributed by atoms with Crippen LogP contribution in [0.2, 0.25) is 0 Å². The van der Waals surface area contributed by atoms with Crippen LogP contribution in [-0.4, -0.2) is 41.6 Å². The molecule has 0 spiro atoms. The first-order chi connectivity index (χ1) is 9.54. The van der Waals surface area contributed by atoms with Crippen molar-refractivity contribution in [3.8, 4) is 0 Å². The minimum atomic E-state index is -0.787. The maximum absolute atomic E-state index is 11.7. The van der Waals surface area contributed by atoms with Crippen LogP contribution in [0, 0.1) is 5.92 Å². The second-order valence-electron chi connectivity index (χ2n) is 5.56. The Morgan fingerprint density at radius 3 is 2.75 bits per heavy atom. The maximum atomic E-state index is 11.7. The Kier molecular flexibility index (Phi) is 4.81. The van der Waals surface area contributed by atoms with Crippen molar-refractivity contribution < 1.29 is 19.5 Å². The standard InChI is InChI=1S/C13H21N3O4/c17-11-5-4-10(15-11)7-14-13(20)16-9-3-1-2-8(6-9)12(18)19/h8-10H,1-7H2,(H,15,17)(H,18,19)(H2,14,16,20). The molecular weight excluding hydrogens is 262 g/mol. The highest BCUT2D eigenvalue weighted by Crippen LogP contribution is 2.24. The molecule has 20 heavy (non-hydrogen) atoms. The first-order valence-electron chi connectivity index (χ1n) is 7.11. The van der Waals surface area contributed by atoms with Crippen LogP contribution in [0.5, 0.6) is 0 Å². The summed E-state index contributed by atoms with van der Waals surface area (Å²) < 4.78 is 0. The fourth-order valence-corrected chi connectivity index (χ4v) is 2.83. The van der Waals surface area contributed by atoms with Gasteiger partial charge in [-0.25, -0.2) is 4.79 Å². The number of rotatable bonds is 4. The van der Waals surface area contributed by atoms with E-state index in [-0.39, 0.29) is 29.9 Å². The molecule has 1 aliphatic carbocycles. The minimum absolute atomic E-state index is 0.00590. The SMILES string of the molecule is O=C1CCC(CNC(=O)NC2CCCC(C(=O)O)C2)N1. The highest BCUT2D eigenvalue weighted by molar-refractivity contribution is 5.79. The minimum Gasteiger partial charge on any atom is -0.481 e. The summed E-state index contributed by atoms with van der Waals surface area (Å²) in [6, 6.07) is -0.364. The predicted octanol–water partition coefficient (Wildman–Crippen LogP) is 0.208. The maximum Gasteiger partial charge on any atom is 0.315 e. The first kappa shape index (κ1) is 14.6. The van der Waals surface area contributed by atoms with Crippen molar-refractivity contribution in [1.29, 1.82) is 0 Å². The molecule has 0 bridgehead atoms. The van der Waals surface area contributed by atoms with Crippen LogP contribution in [0.3, 0.4) is 0 Å². The number of aliphatic carboxylic acids is 1. The van der Waals surface area contributed by atoms with Crippen molar-refractivity contribution in [2.24, 2.45) is 5.92 Å². The van der Waals surface area contributed by atoms with Crippen LogP contribution < -0.4 is 16.0 Å². The van der Waals surface area contributed by atoms with Gasteiger partial charge in [0.25, 0.3) is 0 Å². The van der Waals surface area contributed by atoms with Crippen LogP contribution in [0.25, 0.3) is 0 Å². The summed E-state index contributed by atoms with van der Waals surface area (Å²) in [6.45, 7) is 0.409. The number of carboxylic acid groups (broad SMARTS) is 1. The third kappa shape index (κ3) is 4.11. The van der Waals surface area contributed by atoms with E-state index in [1.165, 1.54) is 0 Å². The van der Waals surface area contributed by atoms with E-state index in [0.717, 1.165) is 19.3 Å². The van der Waals surface area contributed by atoms with E-state index in [2.05, 4.69) is 16.0 Å². The Balaban J connectivity index is 1.68. The molecule has 4 N–H and O–H groups in total. The van der Waals surface area contributed by atoms with Crippen LogP contribution >= 0.6 is 0 Å². The zero-order valence-corrected chi connectivity index (χ0v) is 11.4. The molecule has 0 aromatic carbocycles. The number of urea groups is 1. The lowest BCUT2D eigenvalue weighted by molar-refractivity contribution is -0.143. The molecule has 7 heteroatoms. The Morgan fingerprint density at radius 2 is 2.10 bits per heavy atom. The molecule has 7 nitrogen and oxygen atoms in total. The average Bonchev–Trinajstić information content (AvgIpc) is 2.82. The van der Waals surface area contributed by atoms with E-state index in [9.17, 15) is 14.4 Å². The molecule has 2 fully saturated rings. The van der Waals surface area contributed by atoms with Gasteiger partial charge in [-0.2, -0.15) is 0 Å². The van der Waals surface area contributed by atoms with Crippen LogP contribution in [-0.2, 0) is 9.59 Å². The lowest BCUT2D eigenvalue weighted by Gasteiger charge is -2.27. The van der Waals surface area contributed by atoms with Gasteiger partial charge in [0.1, 0.15) is 0 Å². The summed E-state index contributed by atoms with van der Waals surface area (Å²) in [5.74, 6) is -1.12. The van der Waals surface area contributed by atoms with Crippen LogP contribution in [0.1, 0.15) is 38.5 Å². The molecule has 0 aromatic heterocycles. The summed E-state index contributed by atoms with van der Waals surface area (Å²) in [4.78, 5) is 33.7. The highest BCUT2D eigenvalue weighted by atomic mass is 16.4. The summed E-state index contributed by atoms with van der Waals surface area (Å²) in [6.07, 6.45) is 4.06. The number of nitrogens with one attached hydrogen (secondary N) is 3. The van der Waals surface area contributed by atoms with Gasteiger partial charge < -0.3 is 21.1 Å². The molecule has 0 aromatic rings. The third-order valence-corrected chi connectivity index (χ3v) is 3.95. The van der Waals surface area contributed by atoms with Crippen molar-refractivity contribution >= 4 is 17.9 Å². The summed E-state index contributed by atoms with van der Waals surface area (Å²) in [5.41, 5.74) is 0. The predicted molar refractivity (Wildman–Crippen MR) is 71.1 cm³/mol. The largest absolute Gasteiger partial charge is 0.481 e. The van der Waals surface area contributed by atoms with Crippen LogP contribution in [0.4, 0.5) is 4.79 Å². The molecular formula is C13H21N3O4. The molecule has 112 valence electrons. The van der Waals surface area contributed by atoms with E-state index < -0.39 is 5.97 Å². The molecule has 3 unspecified atom stereocenters. The molecule has 1 heterocycles. The smallest absolute Gasteiger partial charge is 0.315 e. The van der Waals surface area contributed by atoms with Gasteiger partial charge in [-0.1, -0.05) is 6.42 Å². The van der Waals surface area contributed by atoms with Gasteiger partial charge in [0.15, 0.2) is 0 Å². The van der Waals surface area contributed by atoms with Crippen molar-refractivity contribution in [1.82, 2.24) is 16.0 Å². The van der Waals surface area contributed by atoms with Gasteiger partial charge in [0.2, 0.25) is 5.91 Å². The Bertz CT molecular complexity index is 399. The number of carbonyl (C=O) groups is 3. The number of hydrogen-bond donors (Lipinski definition) is 4. The second kappa shape index (κ2) is 6.58. The molecule has 1 saturated heterocycles. The highest BCUT2D eigenvalue weighted by Gasteiger charge is 2.28. The van der Waals surface area contributed by atoms with Gasteiger partial charge in [0, 0.05) is 25.0 Å². The summed E-state index contributed by atoms with van der Waals surface area (Å²) >= 11 is 0. The van der Waals surface area contributed by atoms with Gasteiger partial charge in [-0.05, 0) is 25.7 Å². The zero-order valence-electron chi connectivity index (χ0n) is 11.4. The molecule has 0 radical (unpaired) electrons. The number of carboxylic acids is 1. The van der Waals surface area contributed by atoms with Crippen molar-refractivity contribution in [3.05, 3.63) is 0 Å². The first-order valence-corrected chi connectivity index (χ1v) is 7.11. The van der Waals surface area contributed by atoms with E-state index in [1.54, 1.807) is 0 Å². The molecule has 1 aliphatic heterocycles. The van der Waals surface area contributed by atoms with Crippen molar-refractivity contribution in [2.45, 2.75) is 50.6 Å². The molecule has 3 amide bonds. The quantitative estimate of drug-likeness (QED) is 0.591. The van der Waals surface area contributed by atoms with Crippen molar-refractivity contribution in [2.75, 3.05) is 6.54 Å². The fraction of sp³-hybridized carbons (Fsp3) is 0.769. The van der Waals surface area contributed by atoms with Crippen LogP contribution in [0.15, 0.2) is 0 Å². The lowest BCUT2D eigenvalue weighted by atomic mass is 9.86. The second-order valence-corrected chi connectivity index (χ2v) is 5.56. The monoisotopic (exact) mass is 283 g/mol. The van der Waals surface area contributed by atoms with E-state index >= 15 is 0 Å². The number of amides is 3. The Labute approximate surface area is 117 Å². The van der Waals surface area contributed by atoms with Gasteiger partial charge in [-0.15, -0.1) is 0 Å². The van der Waals surface area contributed by atoms with Gasteiger partial charge in [-0.3, -0.25) is 9.59 Å². The number of carbonyl (C=O) groups excluding carboxylic acids is 2. The molecule has 2 rings (SSSR count). The average molecular weight is 283 g/mol. The van der Waals surface area contributed by atoms with E-state index in [0.29, 0.717) is 25.8 Å². The van der Waals surface area contributed by atoms with Crippen molar-refractivity contribution in [3.63, 3.8) is 0 Å². The third-order valence-electron chi connectivity index (χ3n) is 3.95. The molecule has 2 aliphatic rings. The lowest BCUT2D eigenvalue weighted by Crippen LogP contribution is -2.48. The summed E-state index contributed by atoms with van der Waals surface area (Å²) in [7, 11) is 0. The van der Waals surface area contributed by atoms with Gasteiger partial charge >= 0.3 is 12.0 Å². The van der Waals surface area contributed by atoms with E-state index in [1.807, 2.05) is 0 Å². The normalized spacial score (nSPS) is 29.6. The van der Waals surface area contributed by atoms with E-state index in [4.69, 9.17) is 5.11 Å². The molecule has 3 atom stereocenters. The fourth-order valence-electron chi connectivity index (χ4n) is 2.83. The molecule has 1 saturated carbocycles. The number of hydrogen-bond acceptors (Lipinski definition) is 3. The Morgan fingerprint density at radius 1 is 1.30 bits per heavy atom.